The van der Waals surface area contributed by atoms with Crippen LogP contribution in [0.3, 0.4) is 0 Å². The second kappa shape index (κ2) is 7.19. The van der Waals surface area contributed by atoms with E-state index in [-0.39, 0.29) is 37.1 Å². The van der Waals surface area contributed by atoms with E-state index in [0.29, 0.717) is 0 Å². The van der Waals surface area contributed by atoms with E-state index in [2.05, 4.69) is 20.4 Å². The van der Waals surface area contributed by atoms with Crippen molar-refractivity contribution in [2.75, 3.05) is 23.4 Å². The molecule has 0 aliphatic rings. The molecule has 1 aromatic rings. The van der Waals surface area contributed by atoms with E-state index in [9.17, 15) is 9.59 Å². The second-order valence-corrected chi connectivity index (χ2v) is 4.34. The number of nitrogens with two attached hydrogens (primary N) is 3. The van der Waals surface area contributed by atoms with Crippen molar-refractivity contribution in [2.45, 2.75) is 20.0 Å². The first-order chi connectivity index (χ1) is 9.81. The molecule has 1 aromatic heterocycles. The largest absolute Gasteiger partial charge is 0.461 e. The molecule has 0 aromatic carbocycles. The molecule has 1 heterocycles. The molecule has 0 saturated heterocycles. The Balaban J connectivity index is 3.15. The molecule has 0 bridgehead atoms. The SMILES string of the molecule is CC(C)Oc1nc(NN)nc(N(CC(N)=O)CC(N)=O)n1. The molecule has 0 atom stereocenters. The Morgan fingerprint density at radius 1 is 1.19 bits per heavy atom. The molecule has 116 valence electrons. The molecule has 2 amide bonds. The van der Waals surface area contributed by atoms with Crippen LogP contribution in [0.15, 0.2) is 0 Å². The van der Waals surface area contributed by atoms with Gasteiger partial charge in [0.05, 0.1) is 6.10 Å². The third-order valence-corrected chi connectivity index (χ3v) is 2.05. The van der Waals surface area contributed by atoms with E-state index < -0.39 is 11.8 Å². The molecule has 11 heteroatoms. The van der Waals surface area contributed by atoms with Gasteiger partial charge in [0.2, 0.25) is 23.7 Å². The number of amides is 2. The summed E-state index contributed by atoms with van der Waals surface area (Å²) in [6.07, 6.45) is -0.188. The van der Waals surface area contributed by atoms with Crippen molar-refractivity contribution in [3.05, 3.63) is 0 Å². The maximum Gasteiger partial charge on any atom is 0.323 e. The smallest absolute Gasteiger partial charge is 0.323 e. The standard InChI is InChI=1S/C10H18N8O3/c1-5(2)21-10-15-8(17-13)14-9(16-10)18(3-6(11)19)4-7(12)20/h5H,3-4,13H2,1-2H3,(H2,11,19)(H2,12,20)(H,14,15,16,17). The van der Waals surface area contributed by atoms with Gasteiger partial charge in [0.15, 0.2) is 0 Å². The molecule has 7 N–H and O–H groups in total. The first-order valence-electron chi connectivity index (χ1n) is 6.02. The monoisotopic (exact) mass is 298 g/mol. The Morgan fingerprint density at radius 3 is 2.19 bits per heavy atom. The molecular weight excluding hydrogens is 280 g/mol. The third-order valence-electron chi connectivity index (χ3n) is 2.05. The van der Waals surface area contributed by atoms with Gasteiger partial charge in [-0.3, -0.25) is 15.0 Å². The number of anilines is 2. The van der Waals surface area contributed by atoms with E-state index in [4.69, 9.17) is 22.0 Å². The van der Waals surface area contributed by atoms with Crippen molar-refractivity contribution in [1.82, 2.24) is 15.0 Å². The number of carbonyl (C=O) groups excluding carboxylic acids is 2. The molecule has 0 aliphatic carbocycles. The summed E-state index contributed by atoms with van der Waals surface area (Å²) >= 11 is 0. The van der Waals surface area contributed by atoms with Gasteiger partial charge in [-0.2, -0.15) is 15.0 Å². The minimum Gasteiger partial charge on any atom is -0.461 e. The van der Waals surface area contributed by atoms with E-state index in [1.165, 1.54) is 4.90 Å². The van der Waals surface area contributed by atoms with Crippen molar-refractivity contribution in [3.8, 4) is 6.01 Å². The Kier molecular flexibility index (Phi) is 5.60. The Hall–Kier alpha value is -2.69. The number of ether oxygens (including phenoxy) is 1. The number of carbonyl (C=O) groups is 2. The second-order valence-electron chi connectivity index (χ2n) is 4.34. The van der Waals surface area contributed by atoms with Gasteiger partial charge in [-0.05, 0) is 13.8 Å². The Bertz CT molecular complexity index is 505. The lowest BCUT2D eigenvalue weighted by Gasteiger charge is -2.20. The van der Waals surface area contributed by atoms with Gasteiger partial charge in [-0.1, -0.05) is 0 Å². The number of hydrogen-bond donors (Lipinski definition) is 4. The maximum absolute atomic E-state index is 11.1. The van der Waals surface area contributed by atoms with Gasteiger partial charge in [0, 0.05) is 0 Å². The van der Waals surface area contributed by atoms with Gasteiger partial charge in [0.1, 0.15) is 13.1 Å². The van der Waals surface area contributed by atoms with Crippen LogP contribution in [-0.2, 0) is 9.59 Å². The zero-order valence-electron chi connectivity index (χ0n) is 11.7. The highest BCUT2D eigenvalue weighted by Gasteiger charge is 2.18. The number of rotatable bonds is 8. The topological polar surface area (TPSA) is 175 Å². The molecule has 0 radical (unpaired) electrons. The van der Waals surface area contributed by atoms with Crippen molar-refractivity contribution in [2.24, 2.45) is 17.3 Å². The van der Waals surface area contributed by atoms with Crippen LogP contribution in [-0.4, -0.2) is 46.0 Å². The number of nitrogen functional groups attached to an aromatic ring is 1. The summed E-state index contributed by atoms with van der Waals surface area (Å²) in [4.78, 5) is 35.2. The van der Waals surface area contributed by atoms with E-state index in [1.54, 1.807) is 13.8 Å². The highest BCUT2D eigenvalue weighted by molar-refractivity contribution is 5.84. The van der Waals surface area contributed by atoms with Gasteiger partial charge < -0.3 is 21.1 Å². The zero-order chi connectivity index (χ0) is 16.0. The Labute approximate surface area is 120 Å². The lowest BCUT2D eigenvalue weighted by atomic mass is 10.4. The summed E-state index contributed by atoms with van der Waals surface area (Å²) in [7, 11) is 0. The van der Waals surface area contributed by atoms with Crippen LogP contribution in [0, 0.1) is 0 Å². The fourth-order valence-electron chi connectivity index (χ4n) is 1.39. The minimum atomic E-state index is -0.676. The van der Waals surface area contributed by atoms with Crippen LogP contribution in [0.25, 0.3) is 0 Å². The fraction of sp³-hybridized carbons (Fsp3) is 0.500. The average Bonchev–Trinajstić information content (AvgIpc) is 2.35. The molecule has 0 aliphatic heterocycles. The van der Waals surface area contributed by atoms with Gasteiger partial charge in [-0.25, -0.2) is 5.84 Å². The van der Waals surface area contributed by atoms with Gasteiger partial charge >= 0.3 is 6.01 Å². The molecule has 1 rings (SSSR count). The molecule has 0 saturated carbocycles. The predicted molar refractivity (Wildman–Crippen MR) is 74.0 cm³/mol. The van der Waals surface area contributed by atoms with E-state index >= 15 is 0 Å². The molecule has 0 spiro atoms. The highest BCUT2D eigenvalue weighted by atomic mass is 16.5. The summed E-state index contributed by atoms with van der Waals surface area (Å²) in [5.41, 5.74) is 12.5. The van der Waals surface area contributed by atoms with Crippen molar-refractivity contribution in [3.63, 3.8) is 0 Å². The van der Waals surface area contributed by atoms with Crippen molar-refractivity contribution in [1.29, 1.82) is 0 Å². The predicted octanol–water partition coefficient (Wildman–Crippen LogP) is -2.28. The number of hydrogen-bond acceptors (Lipinski definition) is 9. The first-order valence-corrected chi connectivity index (χ1v) is 6.02. The molecule has 0 fully saturated rings. The number of hydrazine groups is 1. The normalized spacial score (nSPS) is 10.3. The number of nitrogens with one attached hydrogen (secondary N) is 1. The number of aromatic nitrogens is 3. The van der Waals surface area contributed by atoms with E-state index in [1.807, 2.05) is 0 Å². The molecule has 0 unspecified atom stereocenters. The summed E-state index contributed by atoms with van der Waals surface area (Å²) in [5, 5.41) is 0. The summed E-state index contributed by atoms with van der Waals surface area (Å²) < 4.78 is 5.34. The van der Waals surface area contributed by atoms with Gasteiger partial charge in [0.25, 0.3) is 0 Å². The first kappa shape index (κ1) is 16.4. The lowest BCUT2D eigenvalue weighted by Crippen LogP contribution is -2.41. The molecule has 21 heavy (non-hydrogen) atoms. The number of nitrogens with zero attached hydrogens (tertiary/aromatic N) is 4. The van der Waals surface area contributed by atoms with Crippen molar-refractivity contribution < 1.29 is 14.3 Å². The Morgan fingerprint density at radius 2 is 1.76 bits per heavy atom. The summed E-state index contributed by atoms with van der Waals surface area (Å²) in [5.74, 6) is 3.91. The highest BCUT2D eigenvalue weighted by Crippen LogP contribution is 2.15. The van der Waals surface area contributed by atoms with E-state index in [0.717, 1.165) is 0 Å². The van der Waals surface area contributed by atoms with Crippen LogP contribution in [0.5, 0.6) is 6.01 Å². The van der Waals surface area contributed by atoms with Gasteiger partial charge in [-0.15, -0.1) is 0 Å². The summed E-state index contributed by atoms with van der Waals surface area (Å²) in [6, 6.07) is -0.0121. The quantitative estimate of drug-likeness (QED) is 0.304. The minimum absolute atomic E-state index is 0.00815. The summed E-state index contributed by atoms with van der Waals surface area (Å²) in [6.45, 7) is 2.98. The third kappa shape index (κ3) is 5.44. The lowest BCUT2D eigenvalue weighted by molar-refractivity contribution is -0.117. The van der Waals surface area contributed by atoms with Crippen LogP contribution in [0.2, 0.25) is 0 Å². The van der Waals surface area contributed by atoms with Crippen LogP contribution in [0.4, 0.5) is 11.9 Å². The van der Waals surface area contributed by atoms with Crippen LogP contribution < -0.4 is 32.4 Å². The maximum atomic E-state index is 11.1. The fourth-order valence-corrected chi connectivity index (χ4v) is 1.39. The average molecular weight is 298 g/mol. The number of primary amides is 2. The van der Waals surface area contributed by atoms with Crippen LogP contribution in [0.1, 0.15) is 13.8 Å². The van der Waals surface area contributed by atoms with Crippen LogP contribution >= 0.6 is 0 Å². The van der Waals surface area contributed by atoms with Crippen molar-refractivity contribution >= 4 is 23.7 Å². The molecular formula is C10H18N8O3. The molecule has 11 nitrogen and oxygen atoms in total. The zero-order valence-corrected chi connectivity index (χ0v) is 11.7.